The largest absolute Gasteiger partial charge is 0.492 e. The molecular weight excluding hydrogens is 626 g/mol. The number of carbonyl (C=O) groups is 3. The third-order valence-corrected chi connectivity index (χ3v) is 7.89. The number of methoxy groups -OCH3 is 1. The minimum absolute atomic E-state index is 0.0202. The summed E-state index contributed by atoms with van der Waals surface area (Å²) in [5, 5.41) is 12.1. The third-order valence-electron chi connectivity index (χ3n) is 7.89. The minimum Gasteiger partial charge on any atom is -0.492 e. The lowest BCUT2D eigenvalue weighted by atomic mass is 10.0. The molecule has 0 unspecified atom stereocenters. The zero-order valence-corrected chi connectivity index (χ0v) is 27.6. The Bertz CT molecular complexity index is 1760. The lowest BCUT2D eigenvalue weighted by Gasteiger charge is -2.33. The van der Waals surface area contributed by atoms with Gasteiger partial charge in [-0.15, -0.1) is 0 Å². The van der Waals surface area contributed by atoms with Gasteiger partial charge in [-0.25, -0.2) is 18.4 Å². The van der Waals surface area contributed by atoms with Gasteiger partial charge in [0.05, 0.1) is 24.6 Å². The number of fused-ring (bicyclic) bond motifs is 1. The van der Waals surface area contributed by atoms with Crippen molar-refractivity contribution in [1.29, 1.82) is 0 Å². The number of benzene rings is 2. The summed E-state index contributed by atoms with van der Waals surface area (Å²) in [6, 6.07) is 10.6. The van der Waals surface area contributed by atoms with E-state index in [0.717, 1.165) is 24.5 Å². The summed E-state index contributed by atoms with van der Waals surface area (Å²) in [7, 11) is 1.37. The summed E-state index contributed by atoms with van der Waals surface area (Å²) < 4.78 is 42.8. The number of aryl methyl sites for hydroxylation is 1. The quantitative estimate of drug-likeness (QED) is 0.265. The lowest BCUT2D eigenvalue weighted by Crippen LogP contribution is -2.34. The highest BCUT2D eigenvalue weighted by molar-refractivity contribution is 5.97. The first-order chi connectivity index (χ1) is 22.7. The molecule has 2 heterocycles. The molecule has 0 spiro atoms. The average Bonchev–Trinajstić information content (AvgIpc) is 3.87. The second-order valence-electron chi connectivity index (χ2n) is 12.8. The summed E-state index contributed by atoms with van der Waals surface area (Å²) in [5.74, 6) is -2.72. The molecule has 2 aromatic carbocycles. The van der Waals surface area contributed by atoms with Gasteiger partial charge >= 0.3 is 12.1 Å². The molecular formula is C35H42F2N4O7. The monoisotopic (exact) mass is 668 g/mol. The first-order valence-electron chi connectivity index (χ1n) is 15.8. The number of carboxylic acids is 1. The van der Waals surface area contributed by atoms with Gasteiger partial charge in [0.25, 0.3) is 0 Å². The second-order valence-corrected chi connectivity index (χ2v) is 12.8. The zero-order valence-electron chi connectivity index (χ0n) is 27.6. The molecule has 1 aliphatic carbocycles. The van der Waals surface area contributed by atoms with Crippen LogP contribution in [0.15, 0.2) is 58.8 Å². The molecule has 0 radical (unpaired) electrons. The van der Waals surface area contributed by atoms with E-state index in [2.05, 4.69) is 10.1 Å². The van der Waals surface area contributed by atoms with E-state index in [0.29, 0.717) is 36.9 Å². The number of hydrogen-bond donors (Lipinski definition) is 3. The number of nitrogens with two attached hydrogens (primary N) is 1. The van der Waals surface area contributed by atoms with Gasteiger partial charge in [-0.1, -0.05) is 30.3 Å². The number of aromatic carboxylic acids is 1. The molecule has 4 N–H and O–H groups in total. The third kappa shape index (κ3) is 9.11. The van der Waals surface area contributed by atoms with E-state index in [1.807, 2.05) is 30.3 Å². The molecule has 258 valence electrons. The molecule has 48 heavy (non-hydrogen) atoms. The van der Waals surface area contributed by atoms with Crippen molar-refractivity contribution in [2.24, 2.45) is 5.73 Å². The van der Waals surface area contributed by atoms with Crippen molar-refractivity contribution in [2.75, 3.05) is 31.6 Å². The summed E-state index contributed by atoms with van der Waals surface area (Å²) in [5.41, 5.74) is 4.97. The number of carbonyl (C=O) groups excluding carboxylic acids is 2. The fraction of sp³-hybridized carbons (Fsp3) is 0.429. The Morgan fingerprint density at radius 1 is 1.15 bits per heavy atom. The standard InChI is InChI=1S/C30H31F2N3O5.C5H11NO2/c1-40-29-26-21(28(37)22(30(38)39)17-35(26)20-10-11-20)14-23(31)27(29)34-13-5-8-19(16-34)24(32)15-33-25(36)12-9-18-6-3-2-4-7-18;1-5(2,3)8-4(6)7/h2-4,6-7,14,17,20H,5,8-13,15-16H2,1H3,(H,33,36)(H,38,39);1-3H3,(H2,6,7)/b24-19+;. The van der Waals surface area contributed by atoms with E-state index in [1.54, 1.807) is 30.2 Å². The van der Waals surface area contributed by atoms with E-state index < -0.39 is 40.3 Å². The summed E-state index contributed by atoms with van der Waals surface area (Å²) in [6.45, 7) is 5.56. The maximum absolute atomic E-state index is 15.6. The Labute approximate surface area is 277 Å². The number of hydrogen-bond acceptors (Lipinski definition) is 7. The van der Waals surface area contributed by atoms with E-state index in [9.17, 15) is 24.3 Å². The van der Waals surface area contributed by atoms with Crippen molar-refractivity contribution in [3.8, 4) is 5.75 Å². The van der Waals surface area contributed by atoms with Crippen LogP contribution in [0.3, 0.4) is 0 Å². The maximum atomic E-state index is 15.6. The summed E-state index contributed by atoms with van der Waals surface area (Å²) in [4.78, 5) is 48.6. The fourth-order valence-electron chi connectivity index (χ4n) is 5.60. The number of primary amides is 1. The van der Waals surface area contributed by atoms with Crippen LogP contribution in [-0.4, -0.2) is 60.0 Å². The summed E-state index contributed by atoms with van der Waals surface area (Å²) in [6.07, 6.45) is 3.99. The number of halogens is 2. The highest BCUT2D eigenvalue weighted by Gasteiger charge is 2.32. The number of aromatic nitrogens is 1. The van der Waals surface area contributed by atoms with E-state index in [-0.39, 0.29) is 48.3 Å². The van der Waals surface area contributed by atoms with Crippen LogP contribution < -0.4 is 26.1 Å². The first kappa shape index (κ1) is 35.9. The van der Waals surface area contributed by atoms with Crippen LogP contribution in [0.5, 0.6) is 5.75 Å². The van der Waals surface area contributed by atoms with Crippen LogP contribution in [-0.2, 0) is 16.0 Å². The highest BCUT2D eigenvalue weighted by atomic mass is 19.1. The number of carboxylic acid groups (broad SMARTS) is 1. The van der Waals surface area contributed by atoms with Crippen molar-refractivity contribution in [1.82, 2.24) is 9.88 Å². The number of ether oxygens (including phenoxy) is 2. The van der Waals surface area contributed by atoms with Crippen LogP contribution in [0.25, 0.3) is 10.9 Å². The molecule has 2 fully saturated rings. The Balaban J connectivity index is 0.000000579. The van der Waals surface area contributed by atoms with Crippen molar-refractivity contribution in [2.45, 2.75) is 70.9 Å². The van der Waals surface area contributed by atoms with Gasteiger partial charge in [-0.05, 0) is 70.1 Å². The minimum atomic E-state index is -1.38. The summed E-state index contributed by atoms with van der Waals surface area (Å²) >= 11 is 0. The second kappa shape index (κ2) is 15.3. The van der Waals surface area contributed by atoms with Crippen molar-refractivity contribution < 1.29 is 37.7 Å². The first-order valence-corrected chi connectivity index (χ1v) is 15.8. The predicted molar refractivity (Wildman–Crippen MR) is 178 cm³/mol. The molecule has 0 bridgehead atoms. The molecule has 1 aliphatic heterocycles. The van der Waals surface area contributed by atoms with Gasteiger partial charge in [0.1, 0.15) is 22.7 Å². The maximum Gasteiger partial charge on any atom is 0.405 e. The van der Waals surface area contributed by atoms with Crippen molar-refractivity contribution >= 4 is 34.6 Å². The van der Waals surface area contributed by atoms with Crippen molar-refractivity contribution in [3.05, 3.63) is 81.2 Å². The molecule has 2 aliphatic rings. The van der Waals surface area contributed by atoms with Crippen molar-refractivity contribution in [3.63, 3.8) is 0 Å². The predicted octanol–water partition coefficient (Wildman–Crippen LogP) is 5.64. The molecule has 0 atom stereocenters. The molecule has 5 rings (SSSR count). The van der Waals surface area contributed by atoms with E-state index >= 15 is 8.78 Å². The van der Waals surface area contributed by atoms with Gasteiger partial charge in [0, 0.05) is 31.7 Å². The van der Waals surface area contributed by atoms with Crippen LogP contribution in [0, 0.1) is 5.82 Å². The average molecular weight is 669 g/mol. The van der Waals surface area contributed by atoms with Gasteiger partial charge in [-0.2, -0.15) is 0 Å². The van der Waals surface area contributed by atoms with Gasteiger partial charge in [0.2, 0.25) is 11.3 Å². The van der Waals surface area contributed by atoms with Crippen LogP contribution in [0.1, 0.15) is 74.8 Å². The normalized spacial score (nSPS) is 15.7. The molecule has 2 amide bonds. The number of anilines is 1. The SMILES string of the molecule is CC(C)(C)OC(N)=O.COc1c(N2CCC/C(=C(\F)CNC(=O)CCc3ccccc3)C2)c(F)cc2c(=O)c(C(=O)O)cn(C3CC3)c12. The Hall–Kier alpha value is -4.94. The van der Waals surface area contributed by atoms with Crippen LogP contribution >= 0.6 is 0 Å². The molecule has 11 nitrogen and oxygen atoms in total. The molecule has 1 saturated heterocycles. The van der Waals surface area contributed by atoms with E-state index in [4.69, 9.17) is 10.5 Å². The number of rotatable bonds is 9. The van der Waals surface area contributed by atoms with Crippen LogP contribution in [0.4, 0.5) is 19.3 Å². The van der Waals surface area contributed by atoms with Gasteiger partial charge < -0.3 is 35.1 Å². The zero-order chi connectivity index (χ0) is 35.2. The van der Waals surface area contributed by atoms with Gasteiger partial charge in [0.15, 0.2) is 11.6 Å². The lowest BCUT2D eigenvalue weighted by molar-refractivity contribution is -0.120. The number of nitrogens with one attached hydrogen (secondary N) is 1. The van der Waals surface area contributed by atoms with E-state index in [1.165, 1.54) is 13.3 Å². The molecule has 1 saturated carbocycles. The Morgan fingerprint density at radius 2 is 1.83 bits per heavy atom. The number of pyridine rings is 1. The molecule has 1 aromatic heterocycles. The topological polar surface area (TPSA) is 153 Å². The number of amides is 2. The van der Waals surface area contributed by atoms with Crippen LogP contribution in [0.2, 0.25) is 0 Å². The number of piperidine rings is 1. The number of nitrogens with zero attached hydrogens (tertiary/aromatic N) is 2. The Morgan fingerprint density at radius 3 is 2.40 bits per heavy atom. The van der Waals surface area contributed by atoms with Gasteiger partial charge in [-0.3, -0.25) is 9.59 Å². The smallest absolute Gasteiger partial charge is 0.405 e. The molecule has 3 aromatic rings. The highest BCUT2D eigenvalue weighted by Crippen LogP contribution is 2.44. The Kier molecular flexibility index (Phi) is 11.5. The molecule has 13 heteroatoms. The fourth-order valence-corrected chi connectivity index (χ4v) is 5.60.